The lowest BCUT2D eigenvalue weighted by atomic mass is 10.1. The Kier molecular flexibility index (Phi) is 3.97. The van der Waals surface area contributed by atoms with E-state index in [2.05, 4.69) is 15.9 Å². The topological polar surface area (TPSA) is 17.1 Å². The summed E-state index contributed by atoms with van der Waals surface area (Å²) in [6.45, 7) is 0. The zero-order valence-electron chi connectivity index (χ0n) is 8.54. The van der Waals surface area contributed by atoms with Crippen molar-refractivity contribution in [3.8, 4) is 0 Å². The Bertz CT molecular complexity index is 547. The zero-order chi connectivity index (χ0) is 12.4. The van der Waals surface area contributed by atoms with E-state index in [0.29, 0.717) is 4.88 Å². The Balaban J connectivity index is 2.24. The van der Waals surface area contributed by atoms with Crippen LogP contribution in [-0.2, 0) is 6.42 Å². The number of thiophene rings is 1. The van der Waals surface area contributed by atoms with Crippen LogP contribution < -0.4 is 0 Å². The number of carbonyl (C=O) groups excluding carboxylic acids is 1. The highest BCUT2D eigenvalue weighted by molar-refractivity contribution is 9.10. The molecule has 0 aliphatic rings. The van der Waals surface area contributed by atoms with Crippen molar-refractivity contribution in [2.75, 3.05) is 0 Å². The van der Waals surface area contributed by atoms with Gasteiger partial charge in [0.25, 0.3) is 0 Å². The molecule has 0 unspecified atom stereocenters. The lowest BCUT2D eigenvalue weighted by Crippen LogP contribution is -2.04. The van der Waals surface area contributed by atoms with Crippen LogP contribution in [0.5, 0.6) is 0 Å². The van der Waals surface area contributed by atoms with E-state index in [1.54, 1.807) is 12.1 Å². The van der Waals surface area contributed by atoms with Crippen LogP contribution in [0.1, 0.15) is 15.2 Å². The molecular weight excluding hydrogens is 327 g/mol. The van der Waals surface area contributed by atoms with Gasteiger partial charge in [0.05, 0.1) is 4.88 Å². The molecule has 1 heterocycles. The predicted molar refractivity (Wildman–Crippen MR) is 71.5 cm³/mol. The number of benzene rings is 1. The number of rotatable bonds is 3. The molecule has 0 N–H and O–H groups in total. The predicted octanol–water partition coefficient (Wildman–Crippen LogP) is 4.73. The third-order valence-corrected chi connectivity index (χ3v) is 4.33. The molecule has 0 bridgehead atoms. The standard InChI is InChI=1S/C12H7BrClFOS/c13-7-4-12(17-6-7)11(16)5-8-9(14)2-1-3-10(8)15/h1-4,6H,5H2. The third-order valence-electron chi connectivity index (χ3n) is 2.24. The van der Waals surface area contributed by atoms with Gasteiger partial charge in [-0.3, -0.25) is 4.79 Å². The number of carbonyl (C=O) groups is 1. The molecule has 1 nitrogen and oxygen atoms in total. The van der Waals surface area contributed by atoms with Crippen molar-refractivity contribution in [3.63, 3.8) is 0 Å². The summed E-state index contributed by atoms with van der Waals surface area (Å²) < 4.78 is 14.3. The van der Waals surface area contributed by atoms with Gasteiger partial charge in [0, 0.05) is 26.9 Å². The van der Waals surface area contributed by atoms with E-state index in [4.69, 9.17) is 11.6 Å². The van der Waals surface area contributed by atoms with Crippen molar-refractivity contribution < 1.29 is 9.18 Å². The Labute approximate surface area is 115 Å². The summed E-state index contributed by atoms with van der Waals surface area (Å²) in [5.41, 5.74) is 0.253. The SMILES string of the molecule is O=C(Cc1c(F)cccc1Cl)c1cc(Br)cs1. The second kappa shape index (κ2) is 5.29. The number of Topliss-reactive ketones (excluding diaryl/α,β-unsaturated/α-hetero) is 1. The molecule has 0 spiro atoms. The second-order valence-electron chi connectivity index (χ2n) is 3.43. The Morgan fingerprint density at radius 2 is 2.24 bits per heavy atom. The number of halogens is 3. The van der Waals surface area contributed by atoms with Gasteiger partial charge in [0.2, 0.25) is 0 Å². The average Bonchev–Trinajstić information content (AvgIpc) is 2.70. The van der Waals surface area contributed by atoms with Crippen LogP contribution in [0, 0.1) is 5.82 Å². The Morgan fingerprint density at radius 3 is 2.82 bits per heavy atom. The fraction of sp³-hybridized carbons (Fsp3) is 0.0833. The van der Waals surface area contributed by atoms with Gasteiger partial charge in [-0.15, -0.1) is 11.3 Å². The van der Waals surface area contributed by atoms with Crippen LogP contribution in [0.2, 0.25) is 5.02 Å². The summed E-state index contributed by atoms with van der Waals surface area (Å²) >= 11 is 10.5. The summed E-state index contributed by atoms with van der Waals surface area (Å²) in [5.74, 6) is -0.575. The highest BCUT2D eigenvalue weighted by Crippen LogP contribution is 2.24. The summed E-state index contributed by atoms with van der Waals surface area (Å²) in [7, 11) is 0. The first-order valence-electron chi connectivity index (χ1n) is 4.78. The molecule has 0 aliphatic carbocycles. The Hall–Kier alpha value is -0.710. The first-order valence-corrected chi connectivity index (χ1v) is 6.83. The van der Waals surface area contributed by atoms with E-state index < -0.39 is 5.82 Å². The molecule has 0 saturated carbocycles. The molecule has 0 aliphatic heterocycles. The van der Waals surface area contributed by atoms with Crippen LogP contribution >= 0.6 is 38.9 Å². The maximum absolute atomic E-state index is 13.5. The largest absolute Gasteiger partial charge is 0.293 e. The first-order chi connectivity index (χ1) is 8.08. The number of hydrogen-bond donors (Lipinski definition) is 0. The van der Waals surface area contributed by atoms with Crippen LogP contribution in [0.3, 0.4) is 0 Å². The molecule has 0 atom stereocenters. The smallest absolute Gasteiger partial charge is 0.177 e. The summed E-state index contributed by atoms with van der Waals surface area (Å²) in [6, 6.07) is 6.13. The number of hydrogen-bond acceptors (Lipinski definition) is 2. The highest BCUT2D eigenvalue weighted by atomic mass is 79.9. The molecule has 88 valence electrons. The van der Waals surface area contributed by atoms with Crippen LogP contribution in [0.25, 0.3) is 0 Å². The van der Waals surface area contributed by atoms with E-state index in [1.165, 1.54) is 23.5 Å². The van der Waals surface area contributed by atoms with E-state index in [0.717, 1.165) is 4.47 Å². The van der Waals surface area contributed by atoms with Crippen LogP contribution in [0.15, 0.2) is 34.1 Å². The van der Waals surface area contributed by atoms with Gasteiger partial charge in [0.15, 0.2) is 5.78 Å². The monoisotopic (exact) mass is 332 g/mol. The van der Waals surface area contributed by atoms with Gasteiger partial charge in [-0.05, 0) is 34.1 Å². The average molecular weight is 334 g/mol. The molecule has 0 amide bonds. The molecule has 0 fully saturated rings. The van der Waals surface area contributed by atoms with Crippen molar-refractivity contribution >= 4 is 44.7 Å². The van der Waals surface area contributed by atoms with E-state index in [9.17, 15) is 9.18 Å². The summed E-state index contributed by atoms with van der Waals surface area (Å²) in [5, 5.41) is 2.10. The van der Waals surface area contributed by atoms with Gasteiger partial charge in [-0.2, -0.15) is 0 Å². The molecule has 1 aromatic heterocycles. The van der Waals surface area contributed by atoms with Gasteiger partial charge in [-0.1, -0.05) is 17.7 Å². The van der Waals surface area contributed by atoms with Crippen LogP contribution in [-0.4, -0.2) is 5.78 Å². The van der Waals surface area contributed by atoms with E-state index in [1.807, 2.05) is 5.38 Å². The molecule has 0 radical (unpaired) electrons. The lowest BCUT2D eigenvalue weighted by Gasteiger charge is -2.03. The zero-order valence-corrected chi connectivity index (χ0v) is 11.7. The molecule has 2 aromatic rings. The fourth-order valence-corrected chi connectivity index (χ4v) is 3.01. The van der Waals surface area contributed by atoms with Crippen molar-refractivity contribution in [2.24, 2.45) is 0 Å². The minimum absolute atomic E-state index is 0.0154. The Morgan fingerprint density at radius 1 is 1.47 bits per heavy atom. The first kappa shape index (κ1) is 12.7. The fourth-order valence-electron chi connectivity index (χ4n) is 1.41. The van der Waals surface area contributed by atoms with Crippen LogP contribution in [0.4, 0.5) is 4.39 Å². The van der Waals surface area contributed by atoms with Gasteiger partial charge < -0.3 is 0 Å². The minimum Gasteiger partial charge on any atom is -0.293 e. The molecule has 17 heavy (non-hydrogen) atoms. The van der Waals surface area contributed by atoms with E-state index >= 15 is 0 Å². The molecular formula is C12H7BrClFOS. The van der Waals surface area contributed by atoms with Crippen molar-refractivity contribution in [3.05, 3.63) is 55.4 Å². The molecule has 0 saturated heterocycles. The maximum atomic E-state index is 13.5. The second-order valence-corrected chi connectivity index (χ2v) is 5.66. The normalized spacial score (nSPS) is 10.5. The lowest BCUT2D eigenvalue weighted by molar-refractivity contribution is 0.0995. The number of ketones is 1. The van der Waals surface area contributed by atoms with Crippen molar-refractivity contribution in [1.82, 2.24) is 0 Å². The third kappa shape index (κ3) is 2.94. The highest BCUT2D eigenvalue weighted by Gasteiger charge is 2.14. The molecule has 2 rings (SSSR count). The minimum atomic E-state index is -0.443. The maximum Gasteiger partial charge on any atom is 0.177 e. The summed E-state index contributed by atoms with van der Waals surface area (Å²) in [4.78, 5) is 12.5. The van der Waals surface area contributed by atoms with Gasteiger partial charge in [0.1, 0.15) is 5.82 Å². The van der Waals surface area contributed by atoms with Gasteiger partial charge in [-0.25, -0.2) is 4.39 Å². The molecule has 5 heteroatoms. The van der Waals surface area contributed by atoms with E-state index in [-0.39, 0.29) is 22.8 Å². The van der Waals surface area contributed by atoms with Crippen molar-refractivity contribution in [2.45, 2.75) is 6.42 Å². The van der Waals surface area contributed by atoms with Gasteiger partial charge >= 0.3 is 0 Å². The molecule has 1 aromatic carbocycles. The van der Waals surface area contributed by atoms with Crippen molar-refractivity contribution in [1.29, 1.82) is 0 Å². The summed E-state index contributed by atoms with van der Waals surface area (Å²) in [6.07, 6.45) is -0.0154. The quantitative estimate of drug-likeness (QED) is 0.742.